The largest absolute Gasteiger partial charge is 0.481 e. The van der Waals surface area contributed by atoms with E-state index < -0.39 is 11.2 Å². The van der Waals surface area contributed by atoms with E-state index in [4.69, 9.17) is 21.3 Å². The van der Waals surface area contributed by atoms with Crippen molar-refractivity contribution in [3.8, 4) is 28.3 Å². The first-order valence-electron chi connectivity index (χ1n) is 17.7. The number of fused-ring (bicyclic) bond motifs is 2. The number of nitrogens with zero attached hydrogens (tertiary/aromatic N) is 6. The highest BCUT2D eigenvalue weighted by Crippen LogP contribution is 2.46. The highest BCUT2D eigenvalue weighted by atomic mass is 35.5. The van der Waals surface area contributed by atoms with Crippen molar-refractivity contribution in [2.24, 2.45) is 14.1 Å². The Labute approximate surface area is 310 Å². The van der Waals surface area contributed by atoms with Crippen LogP contribution in [0.5, 0.6) is 5.88 Å². The number of methoxy groups -OCH3 is 1. The maximum absolute atomic E-state index is 13.2. The number of aliphatic hydroxyl groups excluding tert-OH is 1. The summed E-state index contributed by atoms with van der Waals surface area (Å²) in [6, 6.07) is 15.5. The monoisotopic (exact) mass is 736 g/mol. The SMILES string of the molecule is COc1nc(-c2cccc(-c3cccc(Nc4nccc5c4c(=O)n(C)c(=O)n5C)c3C)c2Cl)cc2c1C(N1CCC3(CN(CCO)C(=O)N3)C1)CC2. The lowest BCUT2D eigenvalue weighted by atomic mass is 9.96. The first-order valence-corrected chi connectivity index (χ1v) is 18.1. The molecule has 3 aliphatic rings. The molecule has 53 heavy (non-hydrogen) atoms. The molecule has 2 unspecified atom stereocenters. The number of aromatic nitrogens is 4. The predicted molar refractivity (Wildman–Crippen MR) is 204 cm³/mol. The number of hydrogen-bond acceptors (Lipinski definition) is 9. The van der Waals surface area contributed by atoms with Gasteiger partial charge in [-0.25, -0.2) is 19.6 Å². The van der Waals surface area contributed by atoms with Crippen molar-refractivity contribution in [3.63, 3.8) is 0 Å². The highest BCUT2D eigenvalue weighted by Gasteiger charge is 2.49. The fourth-order valence-electron chi connectivity index (χ4n) is 8.47. The molecule has 0 saturated carbocycles. The third-order valence-electron chi connectivity index (χ3n) is 11.2. The van der Waals surface area contributed by atoms with Gasteiger partial charge in [0.05, 0.1) is 35.5 Å². The molecule has 13 nitrogen and oxygen atoms in total. The number of aliphatic hydroxyl groups is 1. The van der Waals surface area contributed by atoms with Crippen LogP contribution in [0.4, 0.5) is 16.3 Å². The molecule has 8 rings (SSSR count). The van der Waals surface area contributed by atoms with Crippen molar-refractivity contribution in [3.05, 3.63) is 97.3 Å². The molecule has 0 radical (unpaired) electrons. The molecule has 2 atom stereocenters. The Morgan fingerprint density at radius 3 is 2.62 bits per heavy atom. The molecule has 2 amide bonds. The van der Waals surface area contributed by atoms with Crippen molar-refractivity contribution in [2.45, 2.75) is 37.8 Å². The Morgan fingerprint density at radius 2 is 1.83 bits per heavy atom. The van der Waals surface area contributed by atoms with Gasteiger partial charge in [0.25, 0.3) is 5.56 Å². The lowest BCUT2D eigenvalue weighted by Crippen LogP contribution is -2.46. The number of hydrogen-bond donors (Lipinski definition) is 3. The summed E-state index contributed by atoms with van der Waals surface area (Å²) < 4.78 is 8.47. The van der Waals surface area contributed by atoms with E-state index >= 15 is 0 Å². The molecule has 274 valence electrons. The first-order chi connectivity index (χ1) is 25.5. The number of carbonyl (C=O) groups is 1. The number of urea groups is 1. The molecule has 2 fully saturated rings. The lowest BCUT2D eigenvalue weighted by Gasteiger charge is -2.28. The van der Waals surface area contributed by atoms with Crippen molar-refractivity contribution >= 4 is 40.0 Å². The molecule has 5 heterocycles. The molecule has 2 aliphatic heterocycles. The van der Waals surface area contributed by atoms with Crippen LogP contribution < -0.4 is 26.6 Å². The summed E-state index contributed by atoms with van der Waals surface area (Å²) in [5.74, 6) is 0.931. The number of ether oxygens (including phenoxy) is 1. The lowest BCUT2D eigenvalue weighted by molar-refractivity contribution is 0.193. The number of benzene rings is 2. The Hall–Kier alpha value is -5.24. The van der Waals surface area contributed by atoms with Gasteiger partial charge in [-0.1, -0.05) is 41.9 Å². The molecule has 2 saturated heterocycles. The fraction of sp³-hybridized carbons (Fsp3) is 0.359. The number of pyridine rings is 2. The normalized spacial score (nSPS) is 19.7. The van der Waals surface area contributed by atoms with E-state index in [1.807, 2.05) is 43.3 Å². The van der Waals surface area contributed by atoms with E-state index in [2.05, 4.69) is 26.6 Å². The van der Waals surface area contributed by atoms with E-state index in [1.165, 1.54) is 17.2 Å². The van der Waals surface area contributed by atoms with Crippen molar-refractivity contribution in [1.29, 1.82) is 0 Å². The topological polar surface area (TPSA) is 147 Å². The molecule has 0 bridgehead atoms. The van der Waals surface area contributed by atoms with E-state index in [1.54, 1.807) is 31.3 Å². The second kappa shape index (κ2) is 13.3. The van der Waals surface area contributed by atoms with Crippen LogP contribution in [0.2, 0.25) is 5.02 Å². The summed E-state index contributed by atoms with van der Waals surface area (Å²) in [6.45, 7) is 4.43. The minimum Gasteiger partial charge on any atom is -0.481 e. The minimum absolute atomic E-state index is 0.0532. The van der Waals surface area contributed by atoms with Crippen LogP contribution in [0, 0.1) is 6.92 Å². The number of carbonyl (C=O) groups excluding carboxylic acids is 1. The Morgan fingerprint density at radius 1 is 1.06 bits per heavy atom. The van der Waals surface area contributed by atoms with Gasteiger partial charge in [0.15, 0.2) is 0 Å². The standard InChI is InChI=1S/C39H41ClN8O5/c1-22-24(7-6-10-27(22)42-34-32-29(13-15-41-34)45(2)38(52)46(3)36(32)50)25-8-5-9-26(33(25)40)28-19-23-11-12-30(31(23)35(43-28)53-4)47-16-14-39(20-47)21-48(17-18-49)37(51)44-39/h5-10,13,15,19,30,49H,11-12,14,16-18,20-21H2,1-4H3,(H,41,42)(H,44,51). The predicted octanol–water partition coefficient (Wildman–Crippen LogP) is 4.52. The molecule has 2 aromatic carbocycles. The van der Waals surface area contributed by atoms with Gasteiger partial charge in [0.2, 0.25) is 5.88 Å². The molecule has 1 aliphatic carbocycles. The maximum atomic E-state index is 13.2. The van der Waals surface area contributed by atoms with E-state index in [-0.39, 0.29) is 24.2 Å². The molecule has 14 heteroatoms. The number of halogens is 1. The Kier molecular flexibility index (Phi) is 8.75. The Balaban J connectivity index is 1.10. The van der Waals surface area contributed by atoms with Crippen LogP contribution in [-0.4, -0.2) is 85.5 Å². The summed E-state index contributed by atoms with van der Waals surface area (Å²) in [7, 11) is 4.74. The van der Waals surface area contributed by atoms with Gasteiger partial charge >= 0.3 is 11.7 Å². The van der Waals surface area contributed by atoms with Gasteiger partial charge in [-0.05, 0) is 61.1 Å². The summed E-state index contributed by atoms with van der Waals surface area (Å²) >= 11 is 7.25. The number of rotatable bonds is 8. The molecular weight excluding hydrogens is 696 g/mol. The first kappa shape index (κ1) is 34.8. The second-order valence-corrected chi connectivity index (χ2v) is 14.6. The van der Waals surface area contributed by atoms with Crippen LogP contribution in [-0.2, 0) is 20.5 Å². The van der Waals surface area contributed by atoms with E-state index in [0.717, 1.165) is 76.1 Å². The van der Waals surface area contributed by atoms with Crippen molar-refractivity contribution < 1.29 is 14.6 Å². The highest BCUT2D eigenvalue weighted by molar-refractivity contribution is 6.36. The van der Waals surface area contributed by atoms with E-state index in [0.29, 0.717) is 40.7 Å². The zero-order valence-electron chi connectivity index (χ0n) is 30.1. The number of β-amino-alcohol motifs (C(OH)–C–C–N with tert-alkyl or cyclic N) is 1. The molecule has 3 aromatic heterocycles. The van der Waals surface area contributed by atoms with Gasteiger partial charge in [0, 0.05) is 74.9 Å². The summed E-state index contributed by atoms with van der Waals surface area (Å²) in [5, 5.41) is 16.8. The van der Waals surface area contributed by atoms with Crippen LogP contribution in [0.25, 0.3) is 33.3 Å². The van der Waals surface area contributed by atoms with Crippen molar-refractivity contribution in [2.75, 3.05) is 45.2 Å². The van der Waals surface area contributed by atoms with Gasteiger partial charge in [-0.15, -0.1) is 0 Å². The van der Waals surface area contributed by atoms with Crippen molar-refractivity contribution in [1.82, 2.24) is 34.2 Å². The number of nitrogens with one attached hydrogen (secondary N) is 2. The van der Waals surface area contributed by atoms with Gasteiger partial charge < -0.3 is 25.4 Å². The van der Waals surface area contributed by atoms with Gasteiger partial charge in [0.1, 0.15) is 11.2 Å². The molecule has 3 N–H and O–H groups in total. The fourth-order valence-corrected chi connectivity index (χ4v) is 8.80. The third-order valence-corrected chi connectivity index (χ3v) is 11.6. The summed E-state index contributed by atoms with van der Waals surface area (Å²) in [4.78, 5) is 52.0. The summed E-state index contributed by atoms with van der Waals surface area (Å²) in [6.07, 6.45) is 4.20. The smallest absolute Gasteiger partial charge is 0.330 e. The van der Waals surface area contributed by atoms with Crippen LogP contribution in [0.1, 0.15) is 35.6 Å². The maximum Gasteiger partial charge on any atom is 0.330 e. The number of likely N-dealkylation sites (tertiary alicyclic amines) is 1. The second-order valence-electron chi connectivity index (χ2n) is 14.2. The average Bonchev–Trinajstić information content (AvgIpc) is 3.86. The number of amides is 2. The number of aryl methyl sites for hydroxylation is 2. The van der Waals surface area contributed by atoms with E-state index in [9.17, 15) is 19.5 Å². The Bertz CT molecular complexity index is 2430. The molecule has 5 aromatic rings. The van der Waals surface area contributed by atoms with Crippen LogP contribution in [0.15, 0.2) is 64.3 Å². The third kappa shape index (κ3) is 5.74. The molecule has 1 spiro atoms. The number of anilines is 2. The minimum atomic E-state index is -0.427. The summed E-state index contributed by atoms with van der Waals surface area (Å²) in [5.41, 5.74) is 6.46. The van der Waals surface area contributed by atoms with Crippen LogP contribution in [0.3, 0.4) is 0 Å². The van der Waals surface area contributed by atoms with Crippen LogP contribution >= 0.6 is 11.6 Å². The quantitative estimate of drug-likeness (QED) is 0.209. The average molecular weight is 737 g/mol. The van der Waals surface area contributed by atoms with Gasteiger partial charge in [-0.2, -0.15) is 0 Å². The molecular formula is C39H41ClN8O5. The zero-order valence-corrected chi connectivity index (χ0v) is 30.8. The zero-order chi connectivity index (χ0) is 37.2. The van der Waals surface area contributed by atoms with Gasteiger partial charge in [-0.3, -0.25) is 18.8 Å².